The van der Waals surface area contributed by atoms with Gasteiger partial charge in [-0.15, -0.1) is 0 Å². The van der Waals surface area contributed by atoms with Gasteiger partial charge in [-0.1, -0.05) is 11.6 Å². The summed E-state index contributed by atoms with van der Waals surface area (Å²) in [6.07, 6.45) is 3.35. The largest absolute Gasteiger partial charge is 0.327 e. The van der Waals surface area contributed by atoms with Crippen LogP contribution in [0.5, 0.6) is 0 Å². The van der Waals surface area contributed by atoms with Crippen LogP contribution in [-0.2, 0) is 23.6 Å². The Morgan fingerprint density at radius 1 is 1.25 bits per heavy atom. The summed E-state index contributed by atoms with van der Waals surface area (Å²) in [4.78, 5) is 8.82. The van der Waals surface area contributed by atoms with Crippen molar-refractivity contribution in [1.29, 1.82) is 0 Å². The third-order valence-corrected chi connectivity index (χ3v) is 5.35. The molecule has 24 heavy (non-hydrogen) atoms. The summed E-state index contributed by atoms with van der Waals surface area (Å²) in [6, 6.07) is 7.41. The first-order chi connectivity index (χ1) is 11.4. The maximum atomic E-state index is 11.6. The maximum absolute atomic E-state index is 11.6. The van der Waals surface area contributed by atoms with Crippen molar-refractivity contribution < 1.29 is 8.42 Å². The molecule has 0 fully saturated rings. The molecule has 3 aromatic rings. The van der Waals surface area contributed by atoms with E-state index in [1.54, 1.807) is 25.4 Å². The molecule has 0 spiro atoms. The van der Waals surface area contributed by atoms with Gasteiger partial charge in [-0.05, 0) is 36.8 Å². The minimum absolute atomic E-state index is 0.0473. The van der Waals surface area contributed by atoms with Gasteiger partial charge < -0.3 is 4.57 Å². The quantitative estimate of drug-likeness (QED) is 0.755. The number of aryl methyl sites for hydroxylation is 1. The van der Waals surface area contributed by atoms with Crippen LogP contribution in [0.4, 0.5) is 0 Å². The Hall–Kier alpha value is -1.96. The zero-order valence-electron chi connectivity index (χ0n) is 13.3. The van der Waals surface area contributed by atoms with Crippen LogP contribution in [0.25, 0.3) is 22.4 Å². The number of nitrogens with zero attached hydrogens (tertiary/aromatic N) is 3. The number of rotatable bonds is 5. The molecule has 3 rings (SSSR count). The van der Waals surface area contributed by atoms with Crippen molar-refractivity contribution in [3.63, 3.8) is 0 Å². The number of pyridine rings is 1. The molecular weight excluding hydrogens is 348 g/mol. The molecule has 0 radical (unpaired) electrons. The monoisotopic (exact) mass is 364 g/mol. The van der Waals surface area contributed by atoms with E-state index in [4.69, 9.17) is 11.6 Å². The average Bonchev–Trinajstić information content (AvgIpc) is 2.90. The molecule has 0 atom stereocenters. The van der Waals surface area contributed by atoms with Crippen LogP contribution in [0.15, 0.2) is 36.7 Å². The van der Waals surface area contributed by atoms with Crippen molar-refractivity contribution in [2.45, 2.75) is 13.5 Å². The average molecular weight is 365 g/mol. The standard InChI is InChI=1S/C16H17ClN4O2S/c1-3-24(22,23)19-9-11-6-12(10-18-8-11)16-20-14-5-4-13(17)7-15(14)21(16)2/h4-8,10,19H,3,9H2,1-2H3. The van der Waals surface area contributed by atoms with Crippen LogP contribution in [0.2, 0.25) is 5.02 Å². The number of benzene rings is 1. The summed E-state index contributed by atoms with van der Waals surface area (Å²) < 4.78 is 27.6. The Morgan fingerprint density at radius 2 is 2.04 bits per heavy atom. The topological polar surface area (TPSA) is 76.9 Å². The van der Waals surface area contributed by atoms with Crippen molar-refractivity contribution in [3.05, 3.63) is 47.2 Å². The Labute approximate surface area is 145 Å². The molecule has 6 nitrogen and oxygen atoms in total. The van der Waals surface area contributed by atoms with Gasteiger partial charge in [0.2, 0.25) is 10.0 Å². The van der Waals surface area contributed by atoms with E-state index in [-0.39, 0.29) is 12.3 Å². The lowest BCUT2D eigenvalue weighted by molar-refractivity contribution is 0.582. The fourth-order valence-corrected chi connectivity index (χ4v) is 3.18. The van der Waals surface area contributed by atoms with E-state index < -0.39 is 10.0 Å². The fourth-order valence-electron chi connectivity index (χ4n) is 2.42. The van der Waals surface area contributed by atoms with E-state index in [2.05, 4.69) is 14.7 Å². The van der Waals surface area contributed by atoms with E-state index in [9.17, 15) is 8.42 Å². The van der Waals surface area contributed by atoms with Crippen molar-refractivity contribution in [2.24, 2.45) is 7.05 Å². The predicted molar refractivity (Wildman–Crippen MR) is 95.3 cm³/mol. The number of nitrogens with one attached hydrogen (secondary N) is 1. The minimum atomic E-state index is -3.24. The van der Waals surface area contributed by atoms with Crippen LogP contribution in [0, 0.1) is 0 Å². The first-order valence-corrected chi connectivity index (χ1v) is 9.46. The molecule has 2 heterocycles. The Balaban J connectivity index is 1.96. The molecule has 1 aromatic carbocycles. The SMILES string of the molecule is CCS(=O)(=O)NCc1cncc(-c2nc3ccc(Cl)cc3n2C)c1. The van der Waals surface area contributed by atoms with E-state index in [1.165, 1.54) is 0 Å². The molecule has 0 bridgehead atoms. The molecule has 1 N–H and O–H groups in total. The van der Waals surface area contributed by atoms with Gasteiger partial charge in [0.15, 0.2) is 0 Å². The van der Waals surface area contributed by atoms with E-state index >= 15 is 0 Å². The van der Waals surface area contributed by atoms with Gasteiger partial charge in [0, 0.05) is 36.6 Å². The molecule has 0 aliphatic heterocycles. The smallest absolute Gasteiger partial charge is 0.211 e. The molecule has 126 valence electrons. The zero-order valence-corrected chi connectivity index (χ0v) is 14.9. The van der Waals surface area contributed by atoms with Gasteiger partial charge in [-0.25, -0.2) is 18.1 Å². The number of hydrogen-bond donors (Lipinski definition) is 1. The summed E-state index contributed by atoms with van der Waals surface area (Å²) in [5, 5.41) is 0.651. The van der Waals surface area contributed by atoms with Gasteiger partial charge in [-0.3, -0.25) is 4.98 Å². The number of hydrogen-bond acceptors (Lipinski definition) is 4. The lowest BCUT2D eigenvalue weighted by Gasteiger charge is -2.07. The zero-order chi connectivity index (χ0) is 17.3. The second-order valence-electron chi connectivity index (χ2n) is 5.43. The third kappa shape index (κ3) is 3.43. The molecular formula is C16H17ClN4O2S. The maximum Gasteiger partial charge on any atom is 0.211 e. The van der Waals surface area contributed by atoms with E-state index in [1.807, 2.05) is 29.8 Å². The second kappa shape index (κ2) is 6.51. The highest BCUT2D eigenvalue weighted by Gasteiger charge is 2.12. The number of halogens is 1. The lowest BCUT2D eigenvalue weighted by Crippen LogP contribution is -2.24. The molecule has 0 aliphatic carbocycles. The lowest BCUT2D eigenvalue weighted by atomic mass is 10.2. The molecule has 0 saturated carbocycles. The van der Waals surface area contributed by atoms with Gasteiger partial charge in [-0.2, -0.15) is 0 Å². The highest BCUT2D eigenvalue weighted by atomic mass is 35.5. The van der Waals surface area contributed by atoms with Crippen LogP contribution in [0.3, 0.4) is 0 Å². The van der Waals surface area contributed by atoms with Crippen LogP contribution in [0.1, 0.15) is 12.5 Å². The van der Waals surface area contributed by atoms with Gasteiger partial charge in [0.1, 0.15) is 5.82 Å². The van der Waals surface area contributed by atoms with E-state index in [0.717, 1.165) is 28.0 Å². The summed E-state index contributed by atoms with van der Waals surface area (Å²) in [6.45, 7) is 1.80. The van der Waals surface area contributed by atoms with E-state index in [0.29, 0.717) is 5.02 Å². The van der Waals surface area contributed by atoms with Gasteiger partial charge in [0.05, 0.1) is 16.8 Å². The molecule has 8 heteroatoms. The van der Waals surface area contributed by atoms with Crippen LogP contribution in [-0.4, -0.2) is 28.7 Å². The number of fused-ring (bicyclic) bond motifs is 1. The summed E-state index contributed by atoms with van der Waals surface area (Å²) in [5.41, 5.74) is 3.36. The fraction of sp³-hybridized carbons (Fsp3) is 0.250. The Kier molecular flexibility index (Phi) is 4.58. The van der Waals surface area contributed by atoms with Crippen molar-refractivity contribution in [2.75, 3.05) is 5.75 Å². The summed E-state index contributed by atoms with van der Waals surface area (Å²) in [5.74, 6) is 0.797. The number of sulfonamides is 1. The third-order valence-electron chi connectivity index (χ3n) is 3.77. The Bertz CT molecular complexity index is 998. The van der Waals surface area contributed by atoms with Crippen molar-refractivity contribution in [1.82, 2.24) is 19.3 Å². The van der Waals surface area contributed by atoms with Crippen LogP contribution < -0.4 is 4.72 Å². The molecule has 0 saturated heterocycles. The van der Waals surface area contributed by atoms with Gasteiger partial charge in [0.25, 0.3) is 0 Å². The highest BCUT2D eigenvalue weighted by molar-refractivity contribution is 7.89. The molecule has 0 aliphatic rings. The molecule has 0 amide bonds. The molecule has 0 unspecified atom stereocenters. The number of aromatic nitrogens is 3. The first kappa shape index (κ1) is 16.9. The first-order valence-electron chi connectivity index (χ1n) is 7.43. The number of imidazole rings is 1. The Morgan fingerprint density at radius 3 is 2.79 bits per heavy atom. The second-order valence-corrected chi connectivity index (χ2v) is 7.97. The predicted octanol–water partition coefficient (Wildman–Crippen LogP) is 2.73. The highest BCUT2D eigenvalue weighted by Crippen LogP contribution is 2.25. The summed E-state index contributed by atoms with van der Waals surface area (Å²) >= 11 is 6.05. The normalized spacial score (nSPS) is 12.0. The van der Waals surface area contributed by atoms with Crippen LogP contribution >= 0.6 is 11.6 Å². The van der Waals surface area contributed by atoms with Crippen molar-refractivity contribution in [3.8, 4) is 11.4 Å². The minimum Gasteiger partial charge on any atom is -0.327 e. The van der Waals surface area contributed by atoms with Gasteiger partial charge >= 0.3 is 0 Å². The molecule has 2 aromatic heterocycles. The van der Waals surface area contributed by atoms with Crippen molar-refractivity contribution >= 4 is 32.7 Å². The summed E-state index contributed by atoms with van der Waals surface area (Å²) in [7, 11) is -1.33.